The van der Waals surface area contributed by atoms with E-state index < -0.39 is 5.91 Å². The van der Waals surface area contributed by atoms with E-state index in [9.17, 15) is 14.7 Å². The number of benzene rings is 1. The molecule has 1 aliphatic rings. The second kappa shape index (κ2) is 7.21. The molecule has 0 atom stereocenters. The van der Waals surface area contributed by atoms with Gasteiger partial charge in [-0.05, 0) is 24.3 Å². The number of aromatic hydroxyl groups is 1. The number of ether oxygens (including phenoxy) is 1. The van der Waals surface area contributed by atoms with Crippen molar-refractivity contribution in [3.63, 3.8) is 0 Å². The number of carbonyl (C=O) groups is 2. The summed E-state index contributed by atoms with van der Waals surface area (Å²) >= 11 is 0. The minimum absolute atomic E-state index is 0.00975. The number of likely N-dealkylation sites (tertiary alicyclic amines) is 1. The third kappa shape index (κ3) is 4.06. The van der Waals surface area contributed by atoms with Gasteiger partial charge in [-0.25, -0.2) is 0 Å². The Bertz CT molecular complexity index is 785. The van der Waals surface area contributed by atoms with Crippen molar-refractivity contribution < 1.29 is 19.4 Å². The summed E-state index contributed by atoms with van der Waals surface area (Å²) in [6, 6.07) is 9.66. The minimum Gasteiger partial charge on any atom is -0.508 e. The van der Waals surface area contributed by atoms with Gasteiger partial charge in [0.25, 0.3) is 11.8 Å². The van der Waals surface area contributed by atoms with Crippen LogP contribution in [0.1, 0.15) is 33.7 Å². The van der Waals surface area contributed by atoms with Crippen molar-refractivity contribution >= 4 is 11.8 Å². The highest BCUT2D eigenvalue weighted by atomic mass is 16.5. The van der Waals surface area contributed by atoms with Gasteiger partial charge in [0.1, 0.15) is 23.3 Å². The first-order valence-electron chi connectivity index (χ1n) is 8.04. The topological polar surface area (TPSA) is 106 Å². The average Bonchev–Trinajstić information content (AvgIpc) is 2.62. The van der Waals surface area contributed by atoms with Crippen LogP contribution in [0.3, 0.4) is 0 Å². The van der Waals surface area contributed by atoms with Gasteiger partial charge in [0.2, 0.25) is 0 Å². The quantitative estimate of drug-likeness (QED) is 0.878. The first-order valence-corrected chi connectivity index (χ1v) is 8.04. The molecule has 0 saturated carbocycles. The molecule has 2 heterocycles. The third-order valence-electron chi connectivity index (χ3n) is 4.11. The summed E-state index contributed by atoms with van der Waals surface area (Å²) < 4.78 is 5.85. The van der Waals surface area contributed by atoms with Crippen LogP contribution >= 0.6 is 0 Å². The molecule has 130 valence electrons. The summed E-state index contributed by atoms with van der Waals surface area (Å²) in [4.78, 5) is 29.3. The van der Waals surface area contributed by atoms with E-state index in [-0.39, 0.29) is 23.5 Å². The lowest BCUT2D eigenvalue weighted by Gasteiger charge is -2.32. The van der Waals surface area contributed by atoms with Crippen molar-refractivity contribution in [1.82, 2.24) is 9.88 Å². The Labute approximate surface area is 145 Å². The Morgan fingerprint density at radius 3 is 2.64 bits per heavy atom. The highest BCUT2D eigenvalue weighted by molar-refractivity contribution is 5.98. The second-order valence-electron chi connectivity index (χ2n) is 5.90. The fraction of sp³-hybridized carbons (Fsp3) is 0.278. The van der Waals surface area contributed by atoms with Gasteiger partial charge in [0.15, 0.2) is 0 Å². The molecule has 0 radical (unpaired) electrons. The molecular weight excluding hydrogens is 322 g/mol. The second-order valence-corrected chi connectivity index (χ2v) is 5.90. The number of amides is 2. The van der Waals surface area contributed by atoms with Gasteiger partial charge in [0, 0.05) is 43.8 Å². The largest absolute Gasteiger partial charge is 0.508 e. The fourth-order valence-electron chi connectivity index (χ4n) is 2.81. The number of nitrogens with zero attached hydrogens (tertiary/aromatic N) is 2. The molecule has 3 rings (SSSR count). The first-order chi connectivity index (χ1) is 12.0. The van der Waals surface area contributed by atoms with Crippen molar-refractivity contribution in [3.8, 4) is 11.5 Å². The van der Waals surface area contributed by atoms with Crippen LogP contribution in [0.15, 0.2) is 42.6 Å². The lowest BCUT2D eigenvalue weighted by atomic mass is 10.1. The number of hydrogen-bond acceptors (Lipinski definition) is 5. The molecule has 0 aliphatic carbocycles. The summed E-state index contributed by atoms with van der Waals surface area (Å²) in [6.45, 7) is 1.10. The summed E-state index contributed by atoms with van der Waals surface area (Å²) in [6.07, 6.45) is 2.78. The predicted octanol–water partition coefficient (Wildman–Crippen LogP) is 1.57. The van der Waals surface area contributed by atoms with E-state index in [0.717, 1.165) is 0 Å². The SMILES string of the molecule is NC(=O)c1cc(C(=O)N2CCC(Oc3cccc(O)c3)CC2)ccn1. The van der Waals surface area contributed by atoms with E-state index in [1.165, 1.54) is 12.3 Å². The number of piperidine rings is 1. The molecule has 1 saturated heterocycles. The number of pyridine rings is 1. The molecule has 1 aromatic heterocycles. The predicted molar refractivity (Wildman–Crippen MR) is 90.4 cm³/mol. The Balaban J connectivity index is 1.59. The molecule has 1 aromatic carbocycles. The zero-order chi connectivity index (χ0) is 17.8. The van der Waals surface area contributed by atoms with Gasteiger partial charge in [-0.2, -0.15) is 0 Å². The van der Waals surface area contributed by atoms with Crippen molar-refractivity contribution in [1.29, 1.82) is 0 Å². The van der Waals surface area contributed by atoms with E-state index in [4.69, 9.17) is 10.5 Å². The normalized spacial score (nSPS) is 15.0. The van der Waals surface area contributed by atoms with Gasteiger partial charge in [-0.3, -0.25) is 14.6 Å². The van der Waals surface area contributed by atoms with Crippen LogP contribution in [-0.2, 0) is 0 Å². The van der Waals surface area contributed by atoms with Crippen LogP contribution in [0.2, 0.25) is 0 Å². The minimum atomic E-state index is -0.659. The fourth-order valence-corrected chi connectivity index (χ4v) is 2.81. The van der Waals surface area contributed by atoms with Crippen molar-refractivity contribution in [2.45, 2.75) is 18.9 Å². The number of aromatic nitrogens is 1. The summed E-state index contributed by atoms with van der Waals surface area (Å²) in [7, 11) is 0. The van der Waals surface area contributed by atoms with Crippen LogP contribution in [0.5, 0.6) is 11.5 Å². The van der Waals surface area contributed by atoms with Crippen LogP contribution < -0.4 is 10.5 Å². The first kappa shape index (κ1) is 16.8. The Kier molecular flexibility index (Phi) is 4.83. The van der Waals surface area contributed by atoms with Gasteiger partial charge in [-0.1, -0.05) is 6.07 Å². The number of rotatable bonds is 4. The Hall–Kier alpha value is -3.09. The Morgan fingerprint density at radius 1 is 1.20 bits per heavy atom. The lowest BCUT2D eigenvalue weighted by molar-refractivity contribution is 0.0595. The number of nitrogens with two attached hydrogens (primary N) is 1. The molecule has 0 bridgehead atoms. The summed E-state index contributed by atoms with van der Waals surface area (Å²) in [5, 5.41) is 9.47. The molecular formula is C18H19N3O4. The van der Waals surface area contributed by atoms with Gasteiger partial charge in [0.05, 0.1) is 0 Å². The van der Waals surface area contributed by atoms with Gasteiger partial charge < -0.3 is 20.5 Å². The summed E-state index contributed by atoms with van der Waals surface area (Å²) in [5.74, 6) is -0.0355. The van der Waals surface area contributed by atoms with Crippen LogP contribution in [0.25, 0.3) is 0 Å². The molecule has 7 heteroatoms. The maximum absolute atomic E-state index is 12.6. The molecule has 0 spiro atoms. The molecule has 2 aromatic rings. The molecule has 1 aliphatic heterocycles. The van der Waals surface area contributed by atoms with E-state index in [1.54, 1.807) is 35.2 Å². The molecule has 7 nitrogen and oxygen atoms in total. The zero-order valence-electron chi connectivity index (χ0n) is 13.6. The highest BCUT2D eigenvalue weighted by Gasteiger charge is 2.25. The van der Waals surface area contributed by atoms with E-state index >= 15 is 0 Å². The van der Waals surface area contributed by atoms with Crippen LogP contribution in [-0.4, -0.2) is 46.0 Å². The average molecular weight is 341 g/mol. The summed E-state index contributed by atoms with van der Waals surface area (Å²) in [5.41, 5.74) is 5.68. The standard InChI is InChI=1S/C18H19N3O4/c19-17(23)16-10-12(4-7-20-16)18(24)21-8-5-14(6-9-21)25-15-3-1-2-13(22)11-15/h1-4,7,10-11,14,22H,5-6,8-9H2,(H2,19,23). The molecule has 0 unspecified atom stereocenters. The zero-order valence-corrected chi connectivity index (χ0v) is 13.6. The number of primary amides is 1. The van der Waals surface area contributed by atoms with Crippen molar-refractivity contribution in [2.75, 3.05) is 13.1 Å². The number of carbonyl (C=O) groups excluding carboxylic acids is 2. The van der Waals surface area contributed by atoms with Crippen LogP contribution in [0.4, 0.5) is 0 Å². The van der Waals surface area contributed by atoms with Crippen molar-refractivity contribution in [3.05, 3.63) is 53.9 Å². The number of hydrogen-bond donors (Lipinski definition) is 2. The van der Waals surface area contributed by atoms with Crippen molar-refractivity contribution in [2.24, 2.45) is 5.73 Å². The smallest absolute Gasteiger partial charge is 0.267 e. The lowest BCUT2D eigenvalue weighted by Crippen LogP contribution is -2.41. The van der Waals surface area contributed by atoms with E-state index in [0.29, 0.717) is 37.2 Å². The van der Waals surface area contributed by atoms with Gasteiger partial charge in [-0.15, -0.1) is 0 Å². The third-order valence-corrected chi connectivity index (χ3v) is 4.11. The monoisotopic (exact) mass is 341 g/mol. The molecule has 1 fully saturated rings. The van der Waals surface area contributed by atoms with E-state index in [1.807, 2.05) is 0 Å². The maximum atomic E-state index is 12.6. The van der Waals surface area contributed by atoms with Crippen LogP contribution in [0, 0.1) is 0 Å². The van der Waals surface area contributed by atoms with Gasteiger partial charge >= 0.3 is 0 Å². The number of phenols is 1. The molecule has 25 heavy (non-hydrogen) atoms. The highest BCUT2D eigenvalue weighted by Crippen LogP contribution is 2.23. The number of phenolic OH excluding ortho intramolecular Hbond substituents is 1. The molecule has 2 amide bonds. The molecule has 3 N–H and O–H groups in total. The van der Waals surface area contributed by atoms with E-state index in [2.05, 4.69) is 4.98 Å². The maximum Gasteiger partial charge on any atom is 0.267 e. The Morgan fingerprint density at radius 2 is 1.96 bits per heavy atom.